The van der Waals surface area contributed by atoms with E-state index in [1.807, 2.05) is 18.0 Å². The molecule has 0 radical (unpaired) electrons. The van der Waals surface area contributed by atoms with Gasteiger partial charge in [0.15, 0.2) is 0 Å². The molecule has 2 saturated heterocycles. The molecule has 1 aromatic rings. The number of carbonyl (C=O) groups is 1. The number of carboxylic acid groups (broad SMARTS) is 1. The molecular formula is C17H27N3O3. The summed E-state index contributed by atoms with van der Waals surface area (Å²) in [6, 6.07) is 3.48. The molecular weight excluding hydrogens is 294 g/mol. The highest BCUT2D eigenvalue weighted by atomic mass is 16.5. The number of carboxylic acids is 1. The molecule has 3 heterocycles. The smallest absolute Gasteiger partial charge is 0.327 e. The van der Waals surface area contributed by atoms with Crippen molar-refractivity contribution in [3.63, 3.8) is 0 Å². The molecule has 2 fully saturated rings. The number of nitrogens with zero attached hydrogens (tertiary/aromatic N) is 3. The summed E-state index contributed by atoms with van der Waals surface area (Å²) < 4.78 is 7.43. The van der Waals surface area contributed by atoms with Gasteiger partial charge >= 0.3 is 5.97 Å². The largest absolute Gasteiger partial charge is 0.480 e. The molecule has 2 aliphatic heterocycles. The summed E-state index contributed by atoms with van der Waals surface area (Å²) >= 11 is 0. The number of likely N-dealkylation sites (tertiary alicyclic amines) is 1. The van der Waals surface area contributed by atoms with Crippen molar-refractivity contribution >= 4 is 5.97 Å². The van der Waals surface area contributed by atoms with Crippen molar-refractivity contribution in [2.24, 2.45) is 7.05 Å². The SMILES string of the molecule is Cn1c(CN2CCCCC2)ccc1C(C(=O)O)N1CCOCC1. The van der Waals surface area contributed by atoms with Crippen LogP contribution in [0.4, 0.5) is 0 Å². The lowest BCUT2D eigenvalue weighted by Crippen LogP contribution is -2.42. The number of ether oxygens (including phenoxy) is 1. The average molecular weight is 321 g/mol. The molecule has 0 aliphatic carbocycles. The van der Waals surface area contributed by atoms with Gasteiger partial charge in [0, 0.05) is 38.1 Å². The van der Waals surface area contributed by atoms with E-state index in [1.165, 1.54) is 25.0 Å². The van der Waals surface area contributed by atoms with Crippen LogP contribution in [-0.4, -0.2) is 64.8 Å². The number of rotatable bonds is 5. The van der Waals surface area contributed by atoms with Crippen LogP contribution in [0.1, 0.15) is 36.7 Å². The molecule has 6 heteroatoms. The zero-order valence-corrected chi connectivity index (χ0v) is 13.9. The minimum atomic E-state index is -0.780. The quantitative estimate of drug-likeness (QED) is 0.890. The summed E-state index contributed by atoms with van der Waals surface area (Å²) in [5, 5.41) is 9.73. The summed E-state index contributed by atoms with van der Waals surface area (Å²) in [6.45, 7) is 5.75. The van der Waals surface area contributed by atoms with E-state index < -0.39 is 12.0 Å². The second-order valence-corrected chi connectivity index (χ2v) is 6.53. The van der Waals surface area contributed by atoms with E-state index in [4.69, 9.17) is 4.74 Å². The number of hydrogen-bond donors (Lipinski definition) is 1. The van der Waals surface area contributed by atoms with Crippen molar-refractivity contribution in [3.8, 4) is 0 Å². The van der Waals surface area contributed by atoms with E-state index in [9.17, 15) is 9.90 Å². The number of aliphatic carboxylic acids is 1. The summed E-state index contributed by atoms with van der Waals surface area (Å²) in [4.78, 5) is 16.3. The minimum Gasteiger partial charge on any atom is -0.480 e. The molecule has 0 aromatic carbocycles. The highest BCUT2D eigenvalue weighted by molar-refractivity contribution is 5.75. The Bertz CT molecular complexity index is 531. The van der Waals surface area contributed by atoms with Crippen LogP contribution in [0.3, 0.4) is 0 Å². The van der Waals surface area contributed by atoms with Crippen LogP contribution in [0.15, 0.2) is 12.1 Å². The molecule has 0 amide bonds. The molecule has 1 atom stereocenters. The number of aromatic nitrogens is 1. The van der Waals surface area contributed by atoms with Crippen LogP contribution in [-0.2, 0) is 23.1 Å². The predicted molar refractivity (Wildman–Crippen MR) is 87.3 cm³/mol. The average Bonchev–Trinajstić information content (AvgIpc) is 2.91. The molecule has 128 valence electrons. The molecule has 1 unspecified atom stereocenters. The summed E-state index contributed by atoms with van der Waals surface area (Å²) in [6.07, 6.45) is 3.86. The summed E-state index contributed by atoms with van der Waals surface area (Å²) in [5.41, 5.74) is 2.06. The Balaban J connectivity index is 1.76. The van der Waals surface area contributed by atoms with E-state index >= 15 is 0 Å². The van der Waals surface area contributed by atoms with Gasteiger partial charge in [-0.1, -0.05) is 6.42 Å². The van der Waals surface area contributed by atoms with E-state index in [-0.39, 0.29) is 0 Å². The van der Waals surface area contributed by atoms with Gasteiger partial charge in [-0.25, -0.2) is 0 Å². The first-order chi connectivity index (χ1) is 11.2. The van der Waals surface area contributed by atoms with Crippen molar-refractivity contribution < 1.29 is 14.6 Å². The summed E-state index contributed by atoms with van der Waals surface area (Å²) in [7, 11) is 1.99. The number of piperidine rings is 1. The topological polar surface area (TPSA) is 57.9 Å². The maximum Gasteiger partial charge on any atom is 0.327 e. The van der Waals surface area contributed by atoms with Crippen molar-refractivity contribution in [2.45, 2.75) is 31.8 Å². The Morgan fingerprint density at radius 3 is 2.52 bits per heavy atom. The van der Waals surface area contributed by atoms with Crippen molar-refractivity contribution in [1.82, 2.24) is 14.4 Å². The molecule has 2 aliphatic rings. The molecule has 1 N–H and O–H groups in total. The van der Waals surface area contributed by atoms with Crippen molar-refractivity contribution in [2.75, 3.05) is 39.4 Å². The second kappa shape index (κ2) is 7.47. The van der Waals surface area contributed by atoms with Gasteiger partial charge in [-0.2, -0.15) is 0 Å². The Kier molecular flexibility index (Phi) is 5.35. The van der Waals surface area contributed by atoms with Crippen molar-refractivity contribution in [3.05, 3.63) is 23.5 Å². The number of morpholine rings is 1. The van der Waals surface area contributed by atoms with Crippen LogP contribution in [0, 0.1) is 0 Å². The predicted octanol–water partition coefficient (Wildman–Crippen LogP) is 1.47. The van der Waals surface area contributed by atoms with Crippen LogP contribution in [0.2, 0.25) is 0 Å². The Labute approximate surface area is 137 Å². The zero-order valence-electron chi connectivity index (χ0n) is 13.9. The molecule has 0 spiro atoms. The maximum atomic E-state index is 11.8. The van der Waals surface area contributed by atoms with Crippen LogP contribution >= 0.6 is 0 Å². The van der Waals surface area contributed by atoms with Gasteiger partial charge in [-0.15, -0.1) is 0 Å². The van der Waals surface area contributed by atoms with E-state index in [0.29, 0.717) is 26.3 Å². The van der Waals surface area contributed by atoms with Gasteiger partial charge < -0.3 is 14.4 Å². The third kappa shape index (κ3) is 3.76. The lowest BCUT2D eigenvalue weighted by molar-refractivity contribution is -0.145. The Morgan fingerprint density at radius 1 is 1.17 bits per heavy atom. The van der Waals surface area contributed by atoms with E-state index in [1.54, 1.807) is 0 Å². The first kappa shape index (κ1) is 16.5. The molecule has 0 saturated carbocycles. The first-order valence-corrected chi connectivity index (χ1v) is 8.58. The van der Waals surface area contributed by atoms with Crippen LogP contribution in [0.5, 0.6) is 0 Å². The number of hydrogen-bond acceptors (Lipinski definition) is 4. The fourth-order valence-corrected chi connectivity index (χ4v) is 3.66. The second-order valence-electron chi connectivity index (χ2n) is 6.53. The standard InChI is InChI=1S/C17H27N3O3/c1-18-14(13-19-7-3-2-4-8-19)5-6-15(18)16(17(21)22)20-9-11-23-12-10-20/h5-6,16H,2-4,7-13H2,1H3,(H,21,22). The lowest BCUT2D eigenvalue weighted by Gasteiger charge is -2.32. The third-order valence-electron chi connectivity index (χ3n) is 5.02. The van der Waals surface area contributed by atoms with Crippen LogP contribution in [0.25, 0.3) is 0 Å². The van der Waals surface area contributed by atoms with Gasteiger partial charge in [0.05, 0.1) is 13.2 Å². The highest BCUT2D eigenvalue weighted by Gasteiger charge is 2.31. The highest BCUT2D eigenvalue weighted by Crippen LogP contribution is 2.25. The minimum absolute atomic E-state index is 0.584. The van der Waals surface area contributed by atoms with Crippen LogP contribution < -0.4 is 0 Å². The zero-order chi connectivity index (χ0) is 16.2. The molecule has 1 aromatic heterocycles. The molecule has 23 heavy (non-hydrogen) atoms. The molecule has 0 bridgehead atoms. The van der Waals surface area contributed by atoms with Gasteiger partial charge in [-0.3, -0.25) is 14.6 Å². The normalized spacial score (nSPS) is 22.1. The fourth-order valence-electron chi connectivity index (χ4n) is 3.66. The molecule has 3 rings (SSSR count). The van der Waals surface area contributed by atoms with Gasteiger partial charge in [0.2, 0.25) is 0 Å². The maximum absolute atomic E-state index is 11.8. The third-order valence-corrected chi connectivity index (χ3v) is 5.02. The van der Waals surface area contributed by atoms with E-state index in [2.05, 4.69) is 15.5 Å². The van der Waals surface area contributed by atoms with Gasteiger partial charge in [0.25, 0.3) is 0 Å². The lowest BCUT2D eigenvalue weighted by atomic mass is 10.1. The van der Waals surface area contributed by atoms with E-state index in [0.717, 1.165) is 25.3 Å². The fraction of sp³-hybridized carbons (Fsp3) is 0.706. The Hall–Kier alpha value is -1.37. The van der Waals surface area contributed by atoms with Crippen molar-refractivity contribution in [1.29, 1.82) is 0 Å². The summed E-state index contributed by atoms with van der Waals surface area (Å²) in [5.74, 6) is -0.780. The molecule has 6 nitrogen and oxygen atoms in total. The van der Waals surface area contributed by atoms with Gasteiger partial charge in [-0.05, 0) is 38.1 Å². The first-order valence-electron chi connectivity index (χ1n) is 8.58. The Morgan fingerprint density at radius 2 is 1.87 bits per heavy atom. The monoisotopic (exact) mass is 321 g/mol. The van der Waals surface area contributed by atoms with Gasteiger partial charge in [0.1, 0.15) is 6.04 Å².